The van der Waals surface area contributed by atoms with Crippen molar-refractivity contribution >= 4 is 12.4 Å². The molecule has 0 unspecified atom stereocenters. The minimum absolute atomic E-state index is 0.0828. The summed E-state index contributed by atoms with van der Waals surface area (Å²) in [6.45, 7) is 10.5. The topological polar surface area (TPSA) is 64.6 Å². The van der Waals surface area contributed by atoms with Gasteiger partial charge in [0, 0.05) is 0 Å². The van der Waals surface area contributed by atoms with Crippen LogP contribution in [0.25, 0.3) is 0 Å². The van der Waals surface area contributed by atoms with E-state index in [9.17, 15) is 9.59 Å². The Kier molecular flexibility index (Phi) is 8.03. The van der Waals surface area contributed by atoms with E-state index in [-0.39, 0.29) is 17.0 Å². The standard InChI is InChI=1S/C13H23NO2.C5H10O2/c1-2-16-12(15)13(7-3-4-8-13)11-5-9-14-10-6-11;1-5(2,3)7-4-6/h11,14H,2-10H2,1H3;4H,1-3H3. The van der Waals surface area contributed by atoms with E-state index < -0.39 is 0 Å². The highest BCUT2D eigenvalue weighted by atomic mass is 16.5. The highest BCUT2D eigenvalue weighted by Crippen LogP contribution is 2.48. The number of carbonyl (C=O) groups excluding carboxylic acids is 2. The van der Waals surface area contributed by atoms with E-state index in [0.29, 0.717) is 19.0 Å². The predicted octanol–water partition coefficient (Wildman–Crippen LogP) is 3.07. The number of hydrogen-bond acceptors (Lipinski definition) is 5. The van der Waals surface area contributed by atoms with Crippen LogP contribution in [-0.4, -0.2) is 37.7 Å². The Morgan fingerprint density at radius 3 is 2.17 bits per heavy atom. The van der Waals surface area contributed by atoms with Crippen LogP contribution in [0, 0.1) is 11.3 Å². The summed E-state index contributed by atoms with van der Waals surface area (Å²) >= 11 is 0. The Morgan fingerprint density at radius 1 is 1.22 bits per heavy atom. The molecule has 23 heavy (non-hydrogen) atoms. The average molecular weight is 327 g/mol. The molecule has 0 radical (unpaired) electrons. The zero-order chi connectivity index (χ0) is 17.3. The summed E-state index contributed by atoms with van der Waals surface area (Å²) < 4.78 is 9.87. The van der Waals surface area contributed by atoms with E-state index in [1.54, 1.807) is 0 Å². The van der Waals surface area contributed by atoms with Crippen LogP contribution in [0.3, 0.4) is 0 Å². The van der Waals surface area contributed by atoms with Gasteiger partial charge in [-0.15, -0.1) is 0 Å². The Bertz CT molecular complexity index is 364. The molecule has 1 heterocycles. The number of hydrogen-bond donors (Lipinski definition) is 1. The molecule has 0 bridgehead atoms. The SMILES string of the molecule is CC(C)(C)OC=O.CCOC(=O)C1(C2CCNCC2)CCCC1. The Balaban J connectivity index is 0.000000322. The Hall–Kier alpha value is -1.10. The normalized spacial score (nSPS) is 21.0. The quantitative estimate of drug-likeness (QED) is 0.635. The van der Waals surface area contributed by atoms with Crippen molar-refractivity contribution in [3.8, 4) is 0 Å². The van der Waals surface area contributed by atoms with Gasteiger partial charge in [0.05, 0.1) is 12.0 Å². The van der Waals surface area contributed by atoms with Crippen molar-refractivity contribution in [2.45, 2.75) is 71.8 Å². The van der Waals surface area contributed by atoms with Crippen LogP contribution < -0.4 is 5.32 Å². The van der Waals surface area contributed by atoms with Gasteiger partial charge in [-0.25, -0.2) is 0 Å². The monoisotopic (exact) mass is 327 g/mol. The van der Waals surface area contributed by atoms with E-state index in [1.807, 2.05) is 27.7 Å². The molecule has 0 spiro atoms. The maximum Gasteiger partial charge on any atom is 0.312 e. The molecule has 0 aromatic rings. The van der Waals surface area contributed by atoms with Crippen LogP contribution >= 0.6 is 0 Å². The van der Waals surface area contributed by atoms with Gasteiger partial charge >= 0.3 is 5.97 Å². The Morgan fingerprint density at radius 2 is 1.78 bits per heavy atom. The maximum absolute atomic E-state index is 12.2. The van der Waals surface area contributed by atoms with E-state index in [4.69, 9.17) is 4.74 Å². The third kappa shape index (κ3) is 6.13. The second-order valence-electron chi connectivity index (χ2n) is 7.43. The zero-order valence-corrected chi connectivity index (χ0v) is 15.2. The van der Waals surface area contributed by atoms with Gasteiger partial charge in [0.2, 0.25) is 0 Å². The summed E-state index contributed by atoms with van der Waals surface area (Å²) in [5, 5.41) is 3.37. The first-order chi connectivity index (χ1) is 10.9. The van der Waals surface area contributed by atoms with Crippen molar-refractivity contribution in [2.24, 2.45) is 11.3 Å². The number of esters is 1. The molecular weight excluding hydrogens is 294 g/mol. The van der Waals surface area contributed by atoms with Gasteiger partial charge in [0.25, 0.3) is 6.47 Å². The van der Waals surface area contributed by atoms with Gasteiger partial charge in [-0.2, -0.15) is 0 Å². The lowest BCUT2D eigenvalue weighted by atomic mass is 9.70. The number of carbonyl (C=O) groups is 2. The smallest absolute Gasteiger partial charge is 0.312 e. The fourth-order valence-electron chi connectivity index (χ4n) is 3.58. The summed E-state index contributed by atoms with van der Waals surface area (Å²) in [4.78, 5) is 21.8. The van der Waals surface area contributed by atoms with Gasteiger partial charge in [0.1, 0.15) is 5.60 Å². The average Bonchev–Trinajstić information content (AvgIpc) is 2.99. The molecule has 0 atom stereocenters. The second kappa shape index (κ2) is 9.26. The molecule has 1 aliphatic carbocycles. The van der Waals surface area contributed by atoms with E-state index in [1.165, 1.54) is 12.8 Å². The summed E-state index contributed by atoms with van der Waals surface area (Å²) in [5.41, 5.74) is -0.445. The molecular formula is C18H33NO4. The van der Waals surface area contributed by atoms with Crippen molar-refractivity contribution in [1.29, 1.82) is 0 Å². The first-order valence-corrected chi connectivity index (χ1v) is 8.85. The van der Waals surface area contributed by atoms with Crippen LogP contribution in [0.5, 0.6) is 0 Å². The fraction of sp³-hybridized carbons (Fsp3) is 0.889. The zero-order valence-electron chi connectivity index (χ0n) is 15.2. The third-order valence-electron chi connectivity index (χ3n) is 4.70. The van der Waals surface area contributed by atoms with Gasteiger partial charge in [-0.3, -0.25) is 9.59 Å². The summed E-state index contributed by atoms with van der Waals surface area (Å²) in [5.74, 6) is 0.634. The van der Waals surface area contributed by atoms with Gasteiger partial charge in [-0.05, 0) is 72.4 Å². The number of rotatable bonds is 4. The first-order valence-electron chi connectivity index (χ1n) is 8.85. The molecule has 1 aliphatic heterocycles. The predicted molar refractivity (Wildman–Crippen MR) is 90.0 cm³/mol. The van der Waals surface area contributed by atoms with E-state index in [2.05, 4.69) is 10.1 Å². The van der Waals surface area contributed by atoms with E-state index >= 15 is 0 Å². The van der Waals surface area contributed by atoms with Crippen LogP contribution in [0.1, 0.15) is 66.2 Å². The largest absolute Gasteiger partial charge is 0.466 e. The lowest BCUT2D eigenvalue weighted by Gasteiger charge is -2.37. The maximum atomic E-state index is 12.2. The number of ether oxygens (including phenoxy) is 2. The van der Waals surface area contributed by atoms with Crippen molar-refractivity contribution in [3.05, 3.63) is 0 Å². The molecule has 1 N–H and O–H groups in total. The third-order valence-corrected chi connectivity index (χ3v) is 4.70. The molecule has 0 aromatic heterocycles. The number of piperidine rings is 1. The first kappa shape index (κ1) is 19.9. The van der Waals surface area contributed by atoms with Gasteiger partial charge in [-0.1, -0.05) is 12.8 Å². The van der Waals surface area contributed by atoms with Crippen LogP contribution in [0.2, 0.25) is 0 Å². The molecule has 2 fully saturated rings. The highest BCUT2D eigenvalue weighted by Gasteiger charge is 2.48. The van der Waals surface area contributed by atoms with Gasteiger partial charge < -0.3 is 14.8 Å². The second-order valence-corrected chi connectivity index (χ2v) is 7.43. The number of nitrogens with one attached hydrogen (secondary N) is 1. The fourth-order valence-corrected chi connectivity index (χ4v) is 3.58. The molecule has 2 aliphatic rings. The summed E-state index contributed by atoms with van der Waals surface area (Å²) in [6.07, 6.45) is 6.77. The minimum Gasteiger partial charge on any atom is -0.466 e. The highest BCUT2D eigenvalue weighted by molar-refractivity contribution is 5.77. The lowest BCUT2D eigenvalue weighted by molar-refractivity contribution is -0.159. The Labute approximate surface area is 140 Å². The molecule has 0 amide bonds. The molecule has 2 rings (SSSR count). The molecule has 134 valence electrons. The van der Waals surface area contributed by atoms with E-state index in [0.717, 1.165) is 38.8 Å². The van der Waals surface area contributed by atoms with Crippen LogP contribution in [0.4, 0.5) is 0 Å². The summed E-state index contributed by atoms with van der Waals surface area (Å²) in [7, 11) is 0. The van der Waals surface area contributed by atoms with Crippen molar-refractivity contribution in [1.82, 2.24) is 5.32 Å². The molecule has 1 saturated carbocycles. The van der Waals surface area contributed by atoms with Crippen LogP contribution in [-0.2, 0) is 19.1 Å². The molecule has 5 nitrogen and oxygen atoms in total. The van der Waals surface area contributed by atoms with Crippen LogP contribution in [0.15, 0.2) is 0 Å². The minimum atomic E-state index is -0.318. The van der Waals surface area contributed by atoms with Crippen molar-refractivity contribution in [3.63, 3.8) is 0 Å². The molecule has 5 heteroatoms. The van der Waals surface area contributed by atoms with Crippen molar-refractivity contribution < 1.29 is 19.1 Å². The summed E-state index contributed by atoms with van der Waals surface area (Å²) in [6, 6.07) is 0. The molecule has 0 aromatic carbocycles. The lowest BCUT2D eigenvalue weighted by Crippen LogP contribution is -2.43. The van der Waals surface area contributed by atoms with Crippen molar-refractivity contribution in [2.75, 3.05) is 19.7 Å². The molecule has 1 saturated heterocycles. The van der Waals surface area contributed by atoms with Gasteiger partial charge in [0.15, 0.2) is 0 Å².